The molecule has 2 aromatic carbocycles. The van der Waals surface area contributed by atoms with E-state index in [9.17, 15) is 0 Å². The molecule has 0 aromatic heterocycles. The topological polar surface area (TPSA) is 26.0 Å². The molecular weight excluding hydrogens is 254 g/mol. The van der Waals surface area contributed by atoms with Crippen LogP contribution in [0.1, 0.15) is 32.3 Å². The van der Waals surface area contributed by atoms with Gasteiger partial charge in [-0.25, -0.2) is 0 Å². The monoisotopic (exact) mass is 277 g/mol. The van der Waals surface area contributed by atoms with Crippen LogP contribution >= 0.6 is 0 Å². The zero-order valence-corrected chi connectivity index (χ0v) is 12.8. The Morgan fingerprint density at radius 1 is 0.857 bits per heavy atom. The van der Waals surface area contributed by atoms with Crippen molar-refractivity contribution in [2.75, 3.05) is 0 Å². The number of benzene rings is 2. The number of hydrogen-bond acceptors (Lipinski definition) is 1. The quantitative estimate of drug-likeness (QED) is 0.831. The average Bonchev–Trinajstić information content (AvgIpc) is 2.46. The normalized spacial score (nSPS) is 20.9. The van der Waals surface area contributed by atoms with E-state index in [1.54, 1.807) is 0 Å². The first-order valence-corrected chi connectivity index (χ1v) is 7.66. The third kappa shape index (κ3) is 3.25. The molecule has 1 aliphatic carbocycles. The molecule has 21 heavy (non-hydrogen) atoms. The molecule has 3 rings (SSSR count). The Kier molecular flexibility index (Phi) is 3.69. The number of hydrogen-bond donors (Lipinski definition) is 1. The lowest BCUT2D eigenvalue weighted by atomic mass is 9.74. The summed E-state index contributed by atoms with van der Waals surface area (Å²) < 4.78 is 0. The van der Waals surface area contributed by atoms with Gasteiger partial charge in [-0.05, 0) is 40.5 Å². The van der Waals surface area contributed by atoms with Gasteiger partial charge in [-0.15, -0.1) is 0 Å². The van der Waals surface area contributed by atoms with Crippen molar-refractivity contribution < 1.29 is 0 Å². The van der Waals surface area contributed by atoms with Crippen LogP contribution in [-0.4, -0.2) is 6.04 Å². The van der Waals surface area contributed by atoms with Gasteiger partial charge >= 0.3 is 0 Å². The van der Waals surface area contributed by atoms with E-state index in [1.165, 1.54) is 22.3 Å². The second-order valence-electron chi connectivity index (χ2n) is 6.84. The molecule has 108 valence electrons. The Morgan fingerprint density at radius 3 is 2.05 bits per heavy atom. The van der Waals surface area contributed by atoms with Crippen molar-refractivity contribution in [2.45, 2.75) is 32.7 Å². The summed E-state index contributed by atoms with van der Waals surface area (Å²) in [7, 11) is 0. The number of rotatable bonds is 2. The third-order valence-corrected chi connectivity index (χ3v) is 4.24. The molecule has 0 bridgehead atoms. The second-order valence-corrected chi connectivity index (χ2v) is 6.84. The molecule has 0 aliphatic heterocycles. The summed E-state index contributed by atoms with van der Waals surface area (Å²) >= 11 is 0. The minimum absolute atomic E-state index is 0.178. The van der Waals surface area contributed by atoms with Gasteiger partial charge in [-0.3, -0.25) is 0 Å². The first-order chi connectivity index (χ1) is 10.0. The van der Waals surface area contributed by atoms with E-state index >= 15 is 0 Å². The van der Waals surface area contributed by atoms with E-state index in [-0.39, 0.29) is 6.04 Å². The van der Waals surface area contributed by atoms with Gasteiger partial charge in [0.2, 0.25) is 0 Å². The average molecular weight is 277 g/mol. The minimum Gasteiger partial charge on any atom is -0.324 e. The van der Waals surface area contributed by atoms with Gasteiger partial charge in [-0.1, -0.05) is 74.5 Å². The maximum absolute atomic E-state index is 6.18. The Bertz CT molecular complexity index is 635. The summed E-state index contributed by atoms with van der Waals surface area (Å²) in [6.07, 6.45) is 4.41. The summed E-state index contributed by atoms with van der Waals surface area (Å²) in [6.45, 7) is 4.61. The van der Waals surface area contributed by atoms with Crippen LogP contribution < -0.4 is 5.73 Å². The smallest absolute Gasteiger partial charge is 0.0234 e. The lowest BCUT2D eigenvalue weighted by Crippen LogP contribution is -2.30. The molecule has 0 heterocycles. The van der Waals surface area contributed by atoms with Gasteiger partial charge in [0.05, 0.1) is 0 Å². The highest BCUT2D eigenvalue weighted by atomic mass is 14.6. The van der Waals surface area contributed by atoms with Crippen molar-refractivity contribution >= 4 is 5.57 Å². The largest absolute Gasteiger partial charge is 0.324 e. The molecule has 0 fully saturated rings. The fourth-order valence-electron chi connectivity index (χ4n) is 3.31. The van der Waals surface area contributed by atoms with Crippen LogP contribution in [0.15, 0.2) is 60.7 Å². The maximum atomic E-state index is 6.18. The van der Waals surface area contributed by atoms with Crippen molar-refractivity contribution in [2.24, 2.45) is 11.1 Å². The second kappa shape index (κ2) is 5.50. The van der Waals surface area contributed by atoms with Gasteiger partial charge in [-0.2, -0.15) is 0 Å². The van der Waals surface area contributed by atoms with Gasteiger partial charge in [0.25, 0.3) is 0 Å². The van der Waals surface area contributed by atoms with E-state index in [2.05, 4.69) is 68.5 Å². The van der Waals surface area contributed by atoms with Gasteiger partial charge in [0.15, 0.2) is 0 Å². The zero-order chi connectivity index (χ0) is 14.9. The molecular formula is C20H23N. The predicted molar refractivity (Wildman–Crippen MR) is 90.8 cm³/mol. The minimum atomic E-state index is 0.178. The van der Waals surface area contributed by atoms with Crippen molar-refractivity contribution in [3.05, 3.63) is 66.2 Å². The molecule has 2 N–H and O–H groups in total. The maximum Gasteiger partial charge on any atom is 0.0234 e. The highest BCUT2D eigenvalue weighted by Crippen LogP contribution is 2.39. The summed E-state index contributed by atoms with van der Waals surface area (Å²) in [5.41, 5.74) is 11.7. The Morgan fingerprint density at radius 2 is 1.43 bits per heavy atom. The highest BCUT2D eigenvalue weighted by Gasteiger charge is 2.27. The number of nitrogens with two attached hydrogens (primary N) is 1. The fourth-order valence-corrected chi connectivity index (χ4v) is 3.31. The lowest BCUT2D eigenvalue weighted by Gasteiger charge is -2.33. The van der Waals surface area contributed by atoms with Crippen LogP contribution in [0.25, 0.3) is 16.7 Å². The first kappa shape index (κ1) is 14.1. The molecule has 0 saturated heterocycles. The van der Waals surface area contributed by atoms with Crippen molar-refractivity contribution in [1.82, 2.24) is 0 Å². The molecule has 1 unspecified atom stereocenters. The molecule has 0 radical (unpaired) electrons. The van der Waals surface area contributed by atoms with Crippen LogP contribution in [-0.2, 0) is 0 Å². The lowest BCUT2D eigenvalue weighted by molar-refractivity contribution is 0.319. The van der Waals surface area contributed by atoms with Crippen LogP contribution in [0.2, 0.25) is 0 Å². The molecule has 1 atom stereocenters. The van der Waals surface area contributed by atoms with Crippen LogP contribution in [0, 0.1) is 5.41 Å². The molecule has 0 saturated carbocycles. The fraction of sp³-hybridized carbons (Fsp3) is 0.300. The van der Waals surface area contributed by atoms with E-state index in [1.807, 2.05) is 6.07 Å². The molecule has 1 heteroatoms. The third-order valence-electron chi connectivity index (χ3n) is 4.24. The molecule has 1 aliphatic rings. The van der Waals surface area contributed by atoms with E-state index < -0.39 is 0 Å². The van der Waals surface area contributed by atoms with E-state index in [4.69, 9.17) is 5.73 Å². The number of allylic oxidation sites excluding steroid dienone is 1. The summed E-state index contributed by atoms with van der Waals surface area (Å²) in [4.78, 5) is 0. The standard InChI is InChI=1S/C20H23N/c1-20(2)13-18(12-19(21)14-20)17-10-8-16(9-11-17)15-6-4-3-5-7-15/h3-12,19H,13-14,21H2,1-2H3. The van der Waals surface area contributed by atoms with Crippen molar-refractivity contribution in [1.29, 1.82) is 0 Å². The Labute approximate surface area is 127 Å². The zero-order valence-electron chi connectivity index (χ0n) is 12.8. The van der Waals surface area contributed by atoms with Crippen molar-refractivity contribution in [3.8, 4) is 11.1 Å². The molecule has 0 spiro atoms. The van der Waals surface area contributed by atoms with Gasteiger partial charge < -0.3 is 5.73 Å². The van der Waals surface area contributed by atoms with Crippen LogP contribution in [0.3, 0.4) is 0 Å². The molecule has 1 nitrogen and oxygen atoms in total. The van der Waals surface area contributed by atoms with E-state index in [0.717, 1.165) is 12.8 Å². The van der Waals surface area contributed by atoms with Gasteiger partial charge in [0, 0.05) is 6.04 Å². The SMILES string of the molecule is CC1(C)CC(c2ccc(-c3ccccc3)cc2)=CC(N)C1. The van der Waals surface area contributed by atoms with Crippen LogP contribution in [0.5, 0.6) is 0 Å². The summed E-state index contributed by atoms with van der Waals surface area (Å²) in [6, 6.07) is 19.5. The molecule has 2 aromatic rings. The van der Waals surface area contributed by atoms with Gasteiger partial charge in [0.1, 0.15) is 0 Å². The van der Waals surface area contributed by atoms with Crippen LogP contribution in [0.4, 0.5) is 0 Å². The first-order valence-electron chi connectivity index (χ1n) is 7.66. The molecule has 0 amide bonds. The Balaban J connectivity index is 1.88. The van der Waals surface area contributed by atoms with E-state index in [0.29, 0.717) is 5.41 Å². The highest BCUT2D eigenvalue weighted by molar-refractivity contribution is 5.71. The van der Waals surface area contributed by atoms with Crippen molar-refractivity contribution in [3.63, 3.8) is 0 Å². The summed E-state index contributed by atoms with van der Waals surface area (Å²) in [5.74, 6) is 0. The summed E-state index contributed by atoms with van der Waals surface area (Å²) in [5, 5.41) is 0. The predicted octanol–water partition coefficient (Wildman–Crippen LogP) is 4.88. The Hall–Kier alpha value is -1.86.